The summed E-state index contributed by atoms with van der Waals surface area (Å²) in [5.74, 6) is 0.257. The van der Waals surface area contributed by atoms with Crippen molar-refractivity contribution in [3.8, 4) is 17.4 Å². The van der Waals surface area contributed by atoms with Crippen LogP contribution in [0.3, 0.4) is 0 Å². The van der Waals surface area contributed by atoms with Gasteiger partial charge in [0.25, 0.3) is 5.56 Å². The van der Waals surface area contributed by atoms with E-state index in [2.05, 4.69) is 20.4 Å². The summed E-state index contributed by atoms with van der Waals surface area (Å²) in [5, 5.41) is 6.68. The van der Waals surface area contributed by atoms with Gasteiger partial charge in [0, 0.05) is 25.0 Å². The Kier molecular flexibility index (Phi) is 6.46. The summed E-state index contributed by atoms with van der Waals surface area (Å²) in [6.07, 6.45) is -1.13. The lowest BCUT2D eigenvalue weighted by molar-refractivity contribution is -0.137. The van der Waals surface area contributed by atoms with Crippen molar-refractivity contribution in [1.29, 1.82) is 0 Å². The van der Waals surface area contributed by atoms with E-state index in [-0.39, 0.29) is 28.9 Å². The number of nitrogens with one attached hydrogen (secondary N) is 1. The van der Waals surface area contributed by atoms with E-state index in [9.17, 15) is 22.4 Å². The average molecular weight is 492 g/mol. The first-order chi connectivity index (χ1) is 16.2. The lowest BCUT2D eigenvalue weighted by Crippen LogP contribution is -2.23. The Labute approximate surface area is 194 Å². The number of benzene rings is 1. The third kappa shape index (κ3) is 5.31. The molecule has 1 N–H and O–H groups in total. The van der Waals surface area contributed by atoms with Crippen molar-refractivity contribution in [2.75, 3.05) is 5.32 Å². The number of ether oxygens (including phenoxy) is 1. The number of aromatic nitrogens is 4. The zero-order valence-corrected chi connectivity index (χ0v) is 17.8. The van der Waals surface area contributed by atoms with Gasteiger partial charge in [0.15, 0.2) is 5.82 Å². The zero-order chi connectivity index (χ0) is 24.3. The molecule has 34 heavy (non-hydrogen) atoms. The molecule has 3 heterocycles. The molecule has 7 nitrogen and oxygen atoms in total. The van der Waals surface area contributed by atoms with E-state index < -0.39 is 17.3 Å². The smallest absolute Gasteiger partial charge is 0.417 e. The summed E-state index contributed by atoms with van der Waals surface area (Å²) in [7, 11) is 0. The van der Waals surface area contributed by atoms with Crippen LogP contribution in [0.25, 0.3) is 5.82 Å². The summed E-state index contributed by atoms with van der Waals surface area (Å²) in [4.78, 5) is 20.4. The minimum atomic E-state index is -4.55. The summed E-state index contributed by atoms with van der Waals surface area (Å²) in [6.45, 7) is 0.243. The maximum atomic E-state index is 13.0. The molecule has 0 radical (unpaired) electrons. The summed E-state index contributed by atoms with van der Waals surface area (Å²) in [6, 6.07) is 10.7. The highest BCUT2D eigenvalue weighted by atomic mass is 35.5. The molecular formula is C22H14ClF4N5O2. The fourth-order valence-electron chi connectivity index (χ4n) is 2.79. The molecule has 0 fully saturated rings. The van der Waals surface area contributed by atoms with Crippen LogP contribution >= 0.6 is 11.6 Å². The third-order valence-corrected chi connectivity index (χ3v) is 4.89. The highest BCUT2D eigenvalue weighted by Gasteiger charge is 2.30. The van der Waals surface area contributed by atoms with Gasteiger partial charge < -0.3 is 10.1 Å². The van der Waals surface area contributed by atoms with E-state index in [4.69, 9.17) is 16.3 Å². The molecule has 4 aromatic rings. The van der Waals surface area contributed by atoms with Gasteiger partial charge in [0.2, 0.25) is 5.88 Å². The van der Waals surface area contributed by atoms with Crippen LogP contribution in [0.1, 0.15) is 11.1 Å². The Morgan fingerprint density at radius 1 is 0.971 bits per heavy atom. The number of rotatable bonds is 6. The maximum Gasteiger partial charge on any atom is 0.417 e. The number of anilines is 1. The summed E-state index contributed by atoms with van der Waals surface area (Å²) in [5.41, 5.74) is -0.742. The number of alkyl halides is 3. The highest BCUT2D eigenvalue weighted by molar-refractivity contribution is 6.32. The molecule has 0 unspecified atom stereocenters. The van der Waals surface area contributed by atoms with Crippen molar-refractivity contribution >= 4 is 17.3 Å². The topological polar surface area (TPSA) is 81.9 Å². The van der Waals surface area contributed by atoms with Crippen molar-refractivity contribution in [3.05, 3.63) is 99.4 Å². The first kappa shape index (κ1) is 23.2. The quantitative estimate of drug-likeness (QED) is 0.372. The Morgan fingerprint density at radius 3 is 2.35 bits per heavy atom. The normalized spacial score (nSPS) is 11.3. The van der Waals surface area contributed by atoms with Gasteiger partial charge in [0.1, 0.15) is 16.6 Å². The molecule has 12 heteroatoms. The van der Waals surface area contributed by atoms with Crippen LogP contribution in [-0.2, 0) is 12.7 Å². The lowest BCUT2D eigenvalue weighted by Gasteiger charge is -2.11. The van der Waals surface area contributed by atoms with Crippen LogP contribution in [0.5, 0.6) is 11.6 Å². The number of pyridine rings is 2. The van der Waals surface area contributed by atoms with Gasteiger partial charge in [-0.05, 0) is 42.0 Å². The second-order valence-corrected chi connectivity index (χ2v) is 7.28. The molecule has 3 aromatic heterocycles. The van der Waals surface area contributed by atoms with E-state index in [0.29, 0.717) is 17.8 Å². The molecule has 0 amide bonds. The van der Waals surface area contributed by atoms with E-state index in [0.717, 1.165) is 22.4 Å². The third-order valence-electron chi connectivity index (χ3n) is 4.53. The van der Waals surface area contributed by atoms with Gasteiger partial charge in [-0.2, -0.15) is 23.0 Å². The molecular weight excluding hydrogens is 478 g/mol. The van der Waals surface area contributed by atoms with Gasteiger partial charge in [-0.3, -0.25) is 4.79 Å². The predicted molar refractivity (Wildman–Crippen MR) is 116 cm³/mol. The molecule has 0 saturated carbocycles. The SMILES string of the molecule is O=c1c(Cl)c(NCc2ccc(Oc3ccc(F)cc3)nc2)cnn1-c1ccc(C(F)(F)F)cn1. The van der Waals surface area contributed by atoms with E-state index in [1.54, 1.807) is 18.3 Å². The van der Waals surface area contributed by atoms with E-state index >= 15 is 0 Å². The standard InChI is InChI=1S/C22H14ClF4N5O2/c23-20-17(12-31-32(21(20)33)18-7-2-14(11-29-18)22(25,26)27)28-9-13-1-8-19(30-10-13)34-16-5-3-15(24)4-6-16/h1-8,10-12,28H,9H2. The second kappa shape index (κ2) is 9.48. The van der Waals surface area contributed by atoms with Gasteiger partial charge in [-0.25, -0.2) is 14.4 Å². The molecule has 0 bridgehead atoms. The second-order valence-electron chi connectivity index (χ2n) is 6.91. The molecule has 0 aliphatic heterocycles. The Bertz CT molecular complexity index is 1340. The van der Waals surface area contributed by atoms with Gasteiger partial charge in [-0.1, -0.05) is 17.7 Å². The van der Waals surface area contributed by atoms with Crippen LogP contribution in [0.2, 0.25) is 5.02 Å². The molecule has 4 rings (SSSR count). The molecule has 1 aromatic carbocycles. The van der Waals surface area contributed by atoms with Crippen LogP contribution in [-0.4, -0.2) is 19.7 Å². The van der Waals surface area contributed by atoms with Gasteiger partial charge >= 0.3 is 6.18 Å². The largest absolute Gasteiger partial charge is 0.439 e. The number of hydrogen-bond acceptors (Lipinski definition) is 6. The van der Waals surface area contributed by atoms with Crippen molar-refractivity contribution in [2.24, 2.45) is 0 Å². The first-order valence-corrected chi connectivity index (χ1v) is 10.0. The van der Waals surface area contributed by atoms with Crippen LogP contribution < -0.4 is 15.6 Å². The lowest BCUT2D eigenvalue weighted by atomic mass is 10.2. The van der Waals surface area contributed by atoms with Crippen molar-refractivity contribution in [3.63, 3.8) is 0 Å². The minimum Gasteiger partial charge on any atom is -0.439 e. The monoisotopic (exact) mass is 491 g/mol. The summed E-state index contributed by atoms with van der Waals surface area (Å²) >= 11 is 6.14. The minimum absolute atomic E-state index is 0.104. The van der Waals surface area contributed by atoms with Crippen LogP contribution in [0, 0.1) is 5.82 Å². The average Bonchev–Trinajstić information content (AvgIpc) is 2.82. The summed E-state index contributed by atoms with van der Waals surface area (Å²) < 4.78 is 57.4. The molecule has 0 aliphatic rings. The molecule has 0 saturated heterocycles. The van der Waals surface area contributed by atoms with Gasteiger partial charge in [0.05, 0.1) is 17.4 Å². The number of nitrogens with zero attached hydrogens (tertiary/aromatic N) is 4. The molecule has 0 spiro atoms. The zero-order valence-electron chi connectivity index (χ0n) is 17.1. The number of halogens is 5. The fraction of sp³-hybridized carbons (Fsp3) is 0.0909. The first-order valence-electron chi connectivity index (χ1n) is 9.64. The number of hydrogen-bond donors (Lipinski definition) is 1. The Morgan fingerprint density at radius 2 is 1.74 bits per heavy atom. The Balaban J connectivity index is 1.43. The maximum absolute atomic E-state index is 13.0. The molecule has 0 aliphatic carbocycles. The predicted octanol–water partition coefficient (Wildman–Crippen LogP) is 5.24. The van der Waals surface area contributed by atoms with Crippen LogP contribution in [0.4, 0.5) is 23.2 Å². The molecule has 0 atom stereocenters. The van der Waals surface area contributed by atoms with Crippen molar-refractivity contribution in [2.45, 2.75) is 12.7 Å². The van der Waals surface area contributed by atoms with Crippen molar-refractivity contribution in [1.82, 2.24) is 19.7 Å². The Hall–Kier alpha value is -3.99. The molecule has 174 valence electrons. The van der Waals surface area contributed by atoms with Crippen LogP contribution in [0.15, 0.2) is 71.9 Å². The highest BCUT2D eigenvalue weighted by Crippen LogP contribution is 2.28. The van der Waals surface area contributed by atoms with Gasteiger partial charge in [-0.15, -0.1) is 0 Å². The van der Waals surface area contributed by atoms with E-state index in [1.807, 2.05) is 0 Å². The fourth-order valence-corrected chi connectivity index (χ4v) is 2.99. The van der Waals surface area contributed by atoms with E-state index in [1.165, 1.54) is 30.5 Å². The van der Waals surface area contributed by atoms with Crippen molar-refractivity contribution < 1.29 is 22.3 Å².